The Morgan fingerprint density at radius 2 is 0.635 bits per heavy atom. The van der Waals surface area contributed by atoms with Gasteiger partial charge in [0.2, 0.25) is 0 Å². The molecule has 0 aromatic carbocycles. The molecule has 0 saturated carbocycles. The van der Waals surface area contributed by atoms with E-state index in [4.69, 9.17) is 9.84 Å². The van der Waals surface area contributed by atoms with Crippen molar-refractivity contribution < 1.29 is 14.6 Å². The Morgan fingerprint density at radius 1 is 0.365 bits per heavy atom. The van der Waals surface area contributed by atoms with E-state index in [1.165, 1.54) is 244 Å². The lowest BCUT2D eigenvalue weighted by atomic mass is 10.0. The maximum absolute atomic E-state index is 11.9. The van der Waals surface area contributed by atoms with Gasteiger partial charge in [0.1, 0.15) is 0 Å². The summed E-state index contributed by atoms with van der Waals surface area (Å²) in [5.41, 5.74) is 0. The van der Waals surface area contributed by atoms with E-state index < -0.39 is 0 Å². The fraction of sp³-hybridized carbons (Fsp3) is 0.939. The molecule has 1 N–H and O–H groups in total. The van der Waals surface area contributed by atoms with Gasteiger partial charge < -0.3 is 9.84 Å². The van der Waals surface area contributed by atoms with Gasteiger partial charge in [0.05, 0.1) is 6.61 Å². The van der Waals surface area contributed by atoms with Crippen LogP contribution in [0.2, 0.25) is 0 Å². The number of hydrogen-bond donors (Lipinski definition) is 1. The molecule has 0 aliphatic carbocycles. The Morgan fingerprint density at radius 3 is 0.962 bits per heavy atom. The predicted octanol–water partition coefficient (Wildman–Crippen LogP) is 16.9. The molecule has 0 saturated heterocycles. The Hall–Kier alpha value is -0.830. The summed E-state index contributed by atoms with van der Waals surface area (Å²) in [5.74, 6) is 0.0157. The van der Waals surface area contributed by atoms with Gasteiger partial charge in [-0.15, -0.1) is 0 Å². The van der Waals surface area contributed by atoms with Gasteiger partial charge in [-0.25, -0.2) is 0 Å². The molecular formula is C49H96O3. The normalized spacial score (nSPS) is 11.7. The van der Waals surface area contributed by atoms with Crippen molar-refractivity contribution in [1.82, 2.24) is 0 Å². The number of rotatable bonds is 46. The standard InChI is InChI=1S/C49H96O3/c1-2-3-4-5-6-7-31-34-37-40-43-46-49(51)52-48-45-42-39-36-33-30-28-26-24-22-20-18-16-14-12-10-8-9-11-13-15-17-19-21-23-25-27-29-32-35-38-41-44-47-50/h5-6,50H,2-4,7-48H2,1H3. The average molecular weight is 733 g/mol. The Balaban J connectivity index is 3.12. The maximum Gasteiger partial charge on any atom is 0.305 e. The molecule has 0 aromatic heterocycles. The lowest BCUT2D eigenvalue weighted by molar-refractivity contribution is -0.143. The van der Waals surface area contributed by atoms with Crippen LogP contribution in [0.3, 0.4) is 0 Å². The monoisotopic (exact) mass is 733 g/mol. The van der Waals surface area contributed by atoms with Crippen LogP contribution in [-0.4, -0.2) is 24.3 Å². The molecule has 310 valence electrons. The largest absolute Gasteiger partial charge is 0.466 e. The molecule has 0 unspecified atom stereocenters. The molecule has 3 nitrogen and oxygen atoms in total. The molecule has 0 aliphatic rings. The Labute approximate surface area is 328 Å². The maximum atomic E-state index is 11.9. The van der Waals surface area contributed by atoms with Gasteiger partial charge in [-0.3, -0.25) is 4.79 Å². The topological polar surface area (TPSA) is 46.5 Å². The van der Waals surface area contributed by atoms with Gasteiger partial charge in [0.15, 0.2) is 0 Å². The van der Waals surface area contributed by atoms with E-state index in [9.17, 15) is 4.79 Å². The molecule has 0 aliphatic heterocycles. The first kappa shape index (κ1) is 51.2. The van der Waals surface area contributed by atoms with Crippen molar-refractivity contribution in [3.63, 3.8) is 0 Å². The first-order chi connectivity index (χ1) is 25.8. The summed E-state index contributed by atoms with van der Waals surface area (Å²) in [4.78, 5) is 11.9. The minimum atomic E-state index is 0.0157. The fourth-order valence-electron chi connectivity index (χ4n) is 7.57. The molecule has 3 heteroatoms. The van der Waals surface area contributed by atoms with Crippen LogP contribution in [-0.2, 0) is 9.53 Å². The third-order valence-corrected chi connectivity index (χ3v) is 11.2. The first-order valence-corrected chi connectivity index (χ1v) is 24.2. The number of aliphatic hydroxyl groups is 1. The SMILES string of the molecule is CCCCC=CCCCCCCCC(=O)OCCCCCCCCCCCCCCCCCCCCCCCCCCCCCCCCCCCO. The van der Waals surface area contributed by atoms with Crippen molar-refractivity contribution in [2.75, 3.05) is 13.2 Å². The van der Waals surface area contributed by atoms with Crippen molar-refractivity contribution in [3.05, 3.63) is 12.2 Å². The zero-order valence-corrected chi connectivity index (χ0v) is 35.7. The van der Waals surface area contributed by atoms with Gasteiger partial charge in [-0.05, 0) is 38.5 Å². The van der Waals surface area contributed by atoms with E-state index in [0.29, 0.717) is 19.6 Å². The van der Waals surface area contributed by atoms with Crippen molar-refractivity contribution >= 4 is 5.97 Å². The fourth-order valence-corrected chi connectivity index (χ4v) is 7.57. The van der Waals surface area contributed by atoms with Crippen LogP contribution in [0.15, 0.2) is 12.2 Å². The van der Waals surface area contributed by atoms with Crippen LogP contribution in [0.1, 0.15) is 283 Å². The number of unbranched alkanes of at least 4 members (excludes halogenated alkanes) is 39. The van der Waals surface area contributed by atoms with Crippen LogP contribution < -0.4 is 0 Å². The van der Waals surface area contributed by atoms with Gasteiger partial charge in [-0.2, -0.15) is 0 Å². The first-order valence-electron chi connectivity index (χ1n) is 24.2. The van der Waals surface area contributed by atoms with E-state index in [1.807, 2.05) is 0 Å². The van der Waals surface area contributed by atoms with E-state index in [2.05, 4.69) is 19.1 Å². The second-order valence-electron chi connectivity index (χ2n) is 16.5. The highest BCUT2D eigenvalue weighted by atomic mass is 16.5. The molecule has 0 amide bonds. The minimum absolute atomic E-state index is 0.0157. The second-order valence-corrected chi connectivity index (χ2v) is 16.5. The number of ether oxygens (including phenoxy) is 1. The van der Waals surface area contributed by atoms with Crippen molar-refractivity contribution in [3.8, 4) is 0 Å². The molecule has 0 aromatic rings. The summed E-state index contributed by atoms with van der Waals surface area (Å²) < 4.78 is 5.45. The van der Waals surface area contributed by atoms with Gasteiger partial charge in [0, 0.05) is 13.0 Å². The quantitative estimate of drug-likeness (QED) is 0.0385. The number of esters is 1. The summed E-state index contributed by atoms with van der Waals surface area (Å²) in [6.07, 6.45) is 62.2. The summed E-state index contributed by atoms with van der Waals surface area (Å²) >= 11 is 0. The minimum Gasteiger partial charge on any atom is -0.466 e. The Kier molecular flexibility index (Phi) is 47.4. The zero-order valence-electron chi connectivity index (χ0n) is 35.7. The molecule has 0 rings (SSSR count). The third-order valence-electron chi connectivity index (χ3n) is 11.2. The third kappa shape index (κ3) is 47.2. The smallest absolute Gasteiger partial charge is 0.305 e. The zero-order chi connectivity index (χ0) is 37.5. The number of hydrogen-bond acceptors (Lipinski definition) is 3. The van der Waals surface area contributed by atoms with Gasteiger partial charge >= 0.3 is 5.97 Å². The summed E-state index contributed by atoms with van der Waals surface area (Å²) in [6, 6.07) is 0. The molecule has 0 heterocycles. The summed E-state index contributed by atoms with van der Waals surface area (Å²) in [7, 11) is 0. The number of allylic oxidation sites excluding steroid dienone is 2. The summed E-state index contributed by atoms with van der Waals surface area (Å²) in [5, 5.41) is 8.81. The summed E-state index contributed by atoms with van der Waals surface area (Å²) in [6.45, 7) is 3.24. The number of carbonyl (C=O) groups is 1. The molecule has 0 radical (unpaired) electrons. The molecule has 52 heavy (non-hydrogen) atoms. The lowest BCUT2D eigenvalue weighted by Crippen LogP contribution is -2.05. The van der Waals surface area contributed by atoms with E-state index in [1.54, 1.807) is 0 Å². The van der Waals surface area contributed by atoms with Gasteiger partial charge in [0.25, 0.3) is 0 Å². The van der Waals surface area contributed by atoms with E-state index in [0.717, 1.165) is 25.7 Å². The number of aliphatic hydroxyl groups excluding tert-OH is 1. The molecular weight excluding hydrogens is 637 g/mol. The predicted molar refractivity (Wildman–Crippen MR) is 231 cm³/mol. The van der Waals surface area contributed by atoms with Crippen molar-refractivity contribution in [1.29, 1.82) is 0 Å². The highest BCUT2D eigenvalue weighted by Crippen LogP contribution is 2.17. The van der Waals surface area contributed by atoms with Crippen LogP contribution in [0.5, 0.6) is 0 Å². The molecule has 0 spiro atoms. The molecule has 0 atom stereocenters. The van der Waals surface area contributed by atoms with Crippen molar-refractivity contribution in [2.45, 2.75) is 283 Å². The van der Waals surface area contributed by atoms with Crippen LogP contribution in [0, 0.1) is 0 Å². The Bertz CT molecular complexity index is 673. The van der Waals surface area contributed by atoms with Gasteiger partial charge in [-0.1, -0.05) is 250 Å². The van der Waals surface area contributed by atoms with E-state index >= 15 is 0 Å². The second kappa shape index (κ2) is 48.2. The van der Waals surface area contributed by atoms with Crippen LogP contribution >= 0.6 is 0 Å². The molecule has 0 bridgehead atoms. The highest BCUT2D eigenvalue weighted by molar-refractivity contribution is 5.69. The average Bonchev–Trinajstić information content (AvgIpc) is 3.15. The van der Waals surface area contributed by atoms with Crippen LogP contribution in [0.25, 0.3) is 0 Å². The number of carbonyl (C=O) groups excluding carboxylic acids is 1. The van der Waals surface area contributed by atoms with Crippen molar-refractivity contribution in [2.24, 2.45) is 0 Å². The van der Waals surface area contributed by atoms with Crippen LogP contribution in [0.4, 0.5) is 0 Å². The highest BCUT2D eigenvalue weighted by Gasteiger charge is 2.03. The van der Waals surface area contributed by atoms with E-state index in [-0.39, 0.29) is 5.97 Å². The lowest BCUT2D eigenvalue weighted by Gasteiger charge is -2.06. The molecule has 0 fully saturated rings.